The van der Waals surface area contributed by atoms with Gasteiger partial charge < -0.3 is 15.4 Å². The van der Waals surface area contributed by atoms with Gasteiger partial charge >= 0.3 is 0 Å². The highest BCUT2D eigenvalue weighted by Crippen LogP contribution is 2.33. The summed E-state index contributed by atoms with van der Waals surface area (Å²) in [5.41, 5.74) is 2.50. The van der Waals surface area contributed by atoms with Crippen molar-refractivity contribution < 1.29 is 4.74 Å². The van der Waals surface area contributed by atoms with E-state index in [-0.39, 0.29) is 12.1 Å². The third-order valence-electron chi connectivity index (χ3n) is 4.75. The van der Waals surface area contributed by atoms with Crippen LogP contribution in [-0.4, -0.2) is 26.2 Å². The Hall–Kier alpha value is -2.33. The van der Waals surface area contributed by atoms with Crippen molar-refractivity contribution in [3.63, 3.8) is 0 Å². The molecule has 1 fully saturated rings. The van der Waals surface area contributed by atoms with Crippen LogP contribution in [0.15, 0.2) is 65.7 Å². The first-order valence-corrected chi connectivity index (χ1v) is 8.96. The Morgan fingerprint density at radius 2 is 1.80 bits per heavy atom. The fourth-order valence-electron chi connectivity index (χ4n) is 3.31. The average Bonchev–Trinajstić information content (AvgIpc) is 3.15. The lowest BCUT2D eigenvalue weighted by Gasteiger charge is -2.22. The molecule has 0 aromatic heterocycles. The fourth-order valence-corrected chi connectivity index (χ4v) is 3.31. The van der Waals surface area contributed by atoms with Gasteiger partial charge in [-0.15, -0.1) is 0 Å². The molecule has 0 saturated carbocycles. The van der Waals surface area contributed by atoms with Crippen LogP contribution in [0.25, 0.3) is 0 Å². The Bertz CT molecular complexity index is 672. The SMILES string of the molecule is CN=C(NCC1CCOC1c1ccccc1)NC(C)c1ccccc1. The van der Waals surface area contributed by atoms with Gasteiger partial charge in [-0.1, -0.05) is 60.7 Å². The molecule has 1 aliphatic heterocycles. The highest BCUT2D eigenvalue weighted by atomic mass is 16.5. The van der Waals surface area contributed by atoms with Gasteiger partial charge in [-0.05, 0) is 24.5 Å². The third kappa shape index (κ3) is 4.60. The molecule has 0 bridgehead atoms. The second-order valence-electron chi connectivity index (χ2n) is 6.48. The first-order valence-electron chi connectivity index (χ1n) is 8.96. The van der Waals surface area contributed by atoms with Gasteiger partial charge in [0.25, 0.3) is 0 Å². The molecular weight excluding hydrogens is 310 g/mol. The van der Waals surface area contributed by atoms with Crippen LogP contribution in [0.3, 0.4) is 0 Å². The number of nitrogens with one attached hydrogen (secondary N) is 2. The highest BCUT2D eigenvalue weighted by Gasteiger charge is 2.29. The van der Waals surface area contributed by atoms with E-state index in [1.807, 2.05) is 19.2 Å². The highest BCUT2D eigenvalue weighted by molar-refractivity contribution is 5.80. The van der Waals surface area contributed by atoms with Gasteiger partial charge in [0, 0.05) is 26.1 Å². The van der Waals surface area contributed by atoms with E-state index in [1.165, 1.54) is 11.1 Å². The summed E-state index contributed by atoms with van der Waals surface area (Å²) < 4.78 is 5.97. The van der Waals surface area contributed by atoms with Crippen molar-refractivity contribution in [3.05, 3.63) is 71.8 Å². The second kappa shape index (κ2) is 8.67. The van der Waals surface area contributed by atoms with Crippen LogP contribution in [0.4, 0.5) is 0 Å². The number of rotatable bonds is 5. The van der Waals surface area contributed by atoms with Gasteiger partial charge in [0.15, 0.2) is 5.96 Å². The maximum absolute atomic E-state index is 5.97. The Kier molecular flexibility index (Phi) is 6.07. The predicted octanol–water partition coefficient (Wildman–Crippen LogP) is 3.69. The quantitative estimate of drug-likeness (QED) is 0.646. The molecule has 1 heterocycles. The monoisotopic (exact) mass is 337 g/mol. The topological polar surface area (TPSA) is 45.7 Å². The van der Waals surface area contributed by atoms with Crippen LogP contribution in [0.2, 0.25) is 0 Å². The zero-order valence-electron chi connectivity index (χ0n) is 15.0. The maximum atomic E-state index is 5.97. The van der Waals surface area contributed by atoms with Gasteiger partial charge in [0.2, 0.25) is 0 Å². The molecule has 4 nitrogen and oxygen atoms in total. The molecule has 3 unspecified atom stereocenters. The maximum Gasteiger partial charge on any atom is 0.191 e. The first kappa shape index (κ1) is 17.5. The van der Waals surface area contributed by atoms with E-state index >= 15 is 0 Å². The number of guanidine groups is 1. The van der Waals surface area contributed by atoms with Crippen molar-refractivity contribution in [1.29, 1.82) is 0 Å². The number of hydrogen-bond acceptors (Lipinski definition) is 2. The summed E-state index contributed by atoms with van der Waals surface area (Å²) in [6.07, 6.45) is 1.23. The summed E-state index contributed by atoms with van der Waals surface area (Å²) in [4.78, 5) is 4.37. The largest absolute Gasteiger partial charge is 0.373 e. The van der Waals surface area contributed by atoms with Crippen molar-refractivity contribution in [1.82, 2.24) is 10.6 Å². The lowest BCUT2D eigenvalue weighted by molar-refractivity contribution is 0.0915. The lowest BCUT2D eigenvalue weighted by atomic mass is 9.95. The summed E-state index contributed by atoms with van der Waals surface area (Å²) >= 11 is 0. The minimum absolute atomic E-state index is 0.165. The van der Waals surface area contributed by atoms with Crippen LogP contribution < -0.4 is 10.6 Å². The van der Waals surface area contributed by atoms with E-state index in [2.05, 4.69) is 71.1 Å². The molecule has 132 valence electrons. The number of nitrogens with zero attached hydrogens (tertiary/aromatic N) is 1. The van der Waals surface area contributed by atoms with Crippen molar-refractivity contribution in [3.8, 4) is 0 Å². The molecule has 0 amide bonds. The standard InChI is InChI=1S/C21H27N3O/c1-16(17-9-5-3-6-10-17)24-21(22-2)23-15-19-13-14-25-20(19)18-11-7-4-8-12-18/h3-12,16,19-20H,13-15H2,1-2H3,(H2,22,23,24). The van der Waals surface area contributed by atoms with Gasteiger partial charge in [-0.25, -0.2) is 0 Å². The van der Waals surface area contributed by atoms with Gasteiger partial charge in [-0.2, -0.15) is 0 Å². The minimum Gasteiger partial charge on any atom is -0.373 e. The van der Waals surface area contributed by atoms with Crippen molar-refractivity contribution in [2.45, 2.75) is 25.5 Å². The average molecular weight is 337 g/mol. The van der Waals surface area contributed by atoms with E-state index in [1.54, 1.807) is 0 Å². The summed E-state index contributed by atoms with van der Waals surface area (Å²) in [5.74, 6) is 1.28. The van der Waals surface area contributed by atoms with Gasteiger partial charge in [0.05, 0.1) is 12.1 Å². The molecule has 2 N–H and O–H groups in total. The van der Waals surface area contributed by atoms with E-state index in [0.29, 0.717) is 5.92 Å². The second-order valence-corrected chi connectivity index (χ2v) is 6.48. The van der Waals surface area contributed by atoms with Crippen LogP contribution in [0, 0.1) is 5.92 Å². The molecule has 1 aliphatic rings. The summed E-state index contributed by atoms with van der Waals surface area (Å²) in [5, 5.41) is 6.93. The molecule has 25 heavy (non-hydrogen) atoms. The van der Waals surface area contributed by atoms with Crippen molar-refractivity contribution in [2.24, 2.45) is 10.9 Å². The lowest BCUT2D eigenvalue weighted by Crippen LogP contribution is -2.41. The van der Waals surface area contributed by atoms with Gasteiger partial charge in [-0.3, -0.25) is 4.99 Å². The zero-order chi connectivity index (χ0) is 17.5. The molecule has 0 spiro atoms. The molecule has 0 aliphatic carbocycles. The molecule has 0 radical (unpaired) electrons. The summed E-state index contributed by atoms with van der Waals surface area (Å²) in [6, 6.07) is 21.1. The smallest absolute Gasteiger partial charge is 0.191 e. The normalized spacial score (nSPS) is 21.8. The molecule has 3 rings (SSSR count). The molecule has 4 heteroatoms. The van der Waals surface area contributed by atoms with E-state index in [0.717, 1.165) is 25.5 Å². The molecule has 2 aromatic carbocycles. The van der Waals surface area contributed by atoms with E-state index < -0.39 is 0 Å². The van der Waals surface area contributed by atoms with Crippen LogP contribution in [-0.2, 0) is 4.74 Å². The van der Waals surface area contributed by atoms with Crippen LogP contribution in [0.5, 0.6) is 0 Å². The predicted molar refractivity (Wildman–Crippen MR) is 103 cm³/mol. The number of hydrogen-bond donors (Lipinski definition) is 2. The van der Waals surface area contributed by atoms with E-state index in [4.69, 9.17) is 4.74 Å². The first-order chi connectivity index (χ1) is 12.3. The third-order valence-corrected chi connectivity index (χ3v) is 4.75. The van der Waals surface area contributed by atoms with Crippen molar-refractivity contribution >= 4 is 5.96 Å². The summed E-state index contributed by atoms with van der Waals surface area (Å²) in [6.45, 7) is 3.81. The Morgan fingerprint density at radius 1 is 1.12 bits per heavy atom. The molecule has 3 atom stereocenters. The number of aliphatic imine (C=N–C) groups is 1. The Labute approximate surface area is 150 Å². The van der Waals surface area contributed by atoms with Crippen LogP contribution in [0.1, 0.15) is 36.6 Å². The van der Waals surface area contributed by atoms with Gasteiger partial charge in [0.1, 0.15) is 0 Å². The Morgan fingerprint density at radius 3 is 2.48 bits per heavy atom. The summed E-state index contributed by atoms with van der Waals surface area (Å²) in [7, 11) is 1.81. The molecule has 1 saturated heterocycles. The minimum atomic E-state index is 0.165. The number of ether oxygens (including phenoxy) is 1. The van der Waals surface area contributed by atoms with Crippen molar-refractivity contribution in [2.75, 3.05) is 20.2 Å². The zero-order valence-corrected chi connectivity index (χ0v) is 15.0. The fraction of sp³-hybridized carbons (Fsp3) is 0.381. The van der Waals surface area contributed by atoms with Crippen LogP contribution >= 0.6 is 0 Å². The molecular formula is C21H27N3O. The number of benzene rings is 2. The molecule has 2 aromatic rings. The Balaban J connectivity index is 1.56. The van der Waals surface area contributed by atoms with E-state index in [9.17, 15) is 0 Å².